The van der Waals surface area contributed by atoms with Gasteiger partial charge in [-0.2, -0.15) is 0 Å². The van der Waals surface area contributed by atoms with Gasteiger partial charge in [0.05, 0.1) is 0 Å². The van der Waals surface area contributed by atoms with Gasteiger partial charge in [0.2, 0.25) is 5.91 Å². The van der Waals surface area contributed by atoms with Crippen LogP contribution in [0.15, 0.2) is 24.3 Å². The summed E-state index contributed by atoms with van der Waals surface area (Å²) in [4.78, 5) is 11.7. The molecule has 1 aromatic carbocycles. The van der Waals surface area contributed by atoms with Crippen LogP contribution in [0, 0.1) is 0 Å². The summed E-state index contributed by atoms with van der Waals surface area (Å²) in [6.07, 6.45) is 0.268. The second-order valence-corrected chi connectivity index (χ2v) is 6.41. The topological polar surface area (TPSA) is 72.2 Å². The number of amides is 1. The zero-order valence-corrected chi connectivity index (χ0v) is 11.6. The second-order valence-electron chi connectivity index (χ2n) is 4.29. The summed E-state index contributed by atoms with van der Waals surface area (Å²) in [7, 11) is -0.943. The monoisotopic (exact) mass is 268 g/mol. The van der Waals surface area contributed by atoms with Gasteiger partial charge in [0.1, 0.15) is 0 Å². The van der Waals surface area contributed by atoms with Crippen LogP contribution < -0.4 is 11.1 Å². The first kappa shape index (κ1) is 14.9. The first-order valence-corrected chi connectivity index (χ1v) is 7.37. The summed E-state index contributed by atoms with van der Waals surface area (Å²) in [5.41, 5.74) is 7.22. The maximum atomic E-state index is 11.7. The number of nitrogens with two attached hydrogens (primary N) is 1. The van der Waals surface area contributed by atoms with Crippen molar-refractivity contribution in [2.45, 2.75) is 32.1 Å². The molecule has 18 heavy (non-hydrogen) atoms. The fourth-order valence-electron chi connectivity index (χ4n) is 1.46. The Morgan fingerprint density at radius 2 is 2.06 bits per heavy atom. The summed E-state index contributed by atoms with van der Waals surface area (Å²) < 4.78 is 11.5. The lowest BCUT2D eigenvalue weighted by Crippen LogP contribution is -2.19. The van der Waals surface area contributed by atoms with E-state index in [-0.39, 0.29) is 17.6 Å². The van der Waals surface area contributed by atoms with Crippen LogP contribution in [0.4, 0.5) is 5.69 Å². The highest BCUT2D eigenvalue weighted by Crippen LogP contribution is 2.14. The van der Waals surface area contributed by atoms with Gasteiger partial charge in [0.15, 0.2) is 0 Å². The Morgan fingerprint density at radius 1 is 1.39 bits per heavy atom. The zero-order valence-electron chi connectivity index (χ0n) is 10.8. The standard InChI is InChI=1S/C13H20N2O2S/c1-10(2)18(17)8-7-13(16)15-12-6-4-3-5-11(12)9-14/h3-6,10H,7-9,14H2,1-2H3,(H,15,16). The zero-order chi connectivity index (χ0) is 13.5. The average molecular weight is 268 g/mol. The van der Waals surface area contributed by atoms with Crippen LogP contribution in [-0.2, 0) is 22.1 Å². The van der Waals surface area contributed by atoms with E-state index in [1.54, 1.807) is 0 Å². The number of anilines is 1. The molecule has 100 valence electrons. The quantitative estimate of drug-likeness (QED) is 0.823. The smallest absolute Gasteiger partial charge is 0.225 e. The fraction of sp³-hybridized carbons (Fsp3) is 0.462. The fourth-order valence-corrected chi connectivity index (χ4v) is 2.32. The molecule has 0 radical (unpaired) electrons. The van der Waals surface area contributed by atoms with Crippen molar-refractivity contribution in [3.8, 4) is 0 Å². The molecule has 0 aliphatic heterocycles. The molecule has 0 saturated carbocycles. The van der Waals surface area contributed by atoms with Crippen LogP contribution in [0.1, 0.15) is 25.8 Å². The van der Waals surface area contributed by atoms with Crippen molar-refractivity contribution in [2.24, 2.45) is 5.73 Å². The van der Waals surface area contributed by atoms with Crippen molar-refractivity contribution in [1.82, 2.24) is 0 Å². The highest BCUT2D eigenvalue weighted by molar-refractivity contribution is 7.85. The predicted molar refractivity (Wildman–Crippen MR) is 75.7 cm³/mol. The molecule has 0 aliphatic rings. The molecule has 1 atom stereocenters. The molecule has 0 saturated heterocycles. The molecule has 1 aromatic rings. The summed E-state index contributed by atoms with van der Waals surface area (Å²) in [5.74, 6) is 0.277. The van der Waals surface area contributed by atoms with Crippen LogP contribution in [0.2, 0.25) is 0 Å². The van der Waals surface area contributed by atoms with Crippen molar-refractivity contribution < 1.29 is 9.00 Å². The van der Waals surface area contributed by atoms with E-state index in [4.69, 9.17) is 5.73 Å². The number of carbonyl (C=O) groups excluding carboxylic acids is 1. The first-order chi connectivity index (χ1) is 8.54. The second kappa shape index (κ2) is 7.28. The van der Waals surface area contributed by atoms with Crippen molar-refractivity contribution in [1.29, 1.82) is 0 Å². The lowest BCUT2D eigenvalue weighted by molar-refractivity contribution is -0.115. The highest BCUT2D eigenvalue weighted by atomic mass is 32.2. The molecule has 0 heterocycles. The predicted octanol–water partition coefficient (Wildman–Crippen LogP) is 1.63. The maximum absolute atomic E-state index is 11.7. The van der Waals surface area contributed by atoms with Gasteiger partial charge in [-0.05, 0) is 11.6 Å². The Balaban J connectivity index is 2.52. The largest absolute Gasteiger partial charge is 0.326 e. The van der Waals surface area contributed by atoms with Crippen molar-refractivity contribution >= 4 is 22.4 Å². The molecule has 0 bridgehead atoms. The molecule has 5 heteroatoms. The summed E-state index contributed by atoms with van der Waals surface area (Å²) in [5, 5.41) is 2.89. The molecule has 1 unspecified atom stereocenters. The average Bonchev–Trinajstić information content (AvgIpc) is 2.36. The van der Waals surface area contributed by atoms with E-state index >= 15 is 0 Å². The molecular weight excluding hydrogens is 248 g/mol. The van der Waals surface area contributed by atoms with E-state index in [0.717, 1.165) is 11.3 Å². The Bertz CT molecular complexity index is 433. The van der Waals surface area contributed by atoms with E-state index in [0.29, 0.717) is 12.3 Å². The lowest BCUT2D eigenvalue weighted by Gasteiger charge is -2.10. The van der Waals surface area contributed by atoms with Crippen LogP contribution in [0.5, 0.6) is 0 Å². The summed E-state index contributed by atoms with van der Waals surface area (Å²) in [6.45, 7) is 4.16. The number of benzene rings is 1. The van der Waals surface area contributed by atoms with Gasteiger partial charge in [-0.15, -0.1) is 0 Å². The van der Waals surface area contributed by atoms with Gasteiger partial charge in [0.25, 0.3) is 0 Å². The van der Waals surface area contributed by atoms with Crippen LogP contribution in [0.3, 0.4) is 0 Å². The number of carbonyl (C=O) groups is 1. The van der Waals surface area contributed by atoms with Gasteiger partial charge < -0.3 is 11.1 Å². The van der Waals surface area contributed by atoms with Crippen LogP contribution in [-0.4, -0.2) is 21.1 Å². The van der Waals surface area contributed by atoms with Gasteiger partial charge >= 0.3 is 0 Å². The van der Waals surface area contributed by atoms with Gasteiger partial charge in [-0.1, -0.05) is 32.0 Å². The maximum Gasteiger partial charge on any atom is 0.225 e. The molecule has 0 spiro atoms. The SMILES string of the molecule is CC(C)S(=O)CCC(=O)Nc1ccccc1CN. The minimum Gasteiger partial charge on any atom is -0.326 e. The Kier molecular flexibility index (Phi) is 6.01. The molecular formula is C13H20N2O2S. The van der Waals surface area contributed by atoms with Crippen molar-refractivity contribution in [3.63, 3.8) is 0 Å². The minimum absolute atomic E-state index is 0.0918. The molecule has 3 N–H and O–H groups in total. The molecule has 4 nitrogen and oxygen atoms in total. The normalized spacial score (nSPS) is 12.4. The number of rotatable bonds is 6. The number of hydrogen-bond acceptors (Lipinski definition) is 3. The Labute approximate surface area is 110 Å². The summed E-state index contributed by atoms with van der Waals surface area (Å²) >= 11 is 0. The van der Waals surface area contributed by atoms with E-state index in [1.165, 1.54) is 0 Å². The number of para-hydroxylation sites is 1. The molecule has 0 aromatic heterocycles. The highest BCUT2D eigenvalue weighted by Gasteiger charge is 2.10. The molecule has 0 fully saturated rings. The van der Waals surface area contributed by atoms with Crippen molar-refractivity contribution in [2.75, 3.05) is 11.1 Å². The van der Waals surface area contributed by atoms with E-state index < -0.39 is 10.8 Å². The number of hydrogen-bond donors (Lipinski definition) is 2. The third-order valence-electron chi connectivity index (χ3n) is 2.57. The van der Waals surface area contributed by atoms with E-state index in [2.05, 4.69) is 5.32 Å². The molecule has 0 aliphatic carbocycles. The third-order valence-corrected chi connectivity index (χ3v) is 4.23. The van der Waals surface area contributed by atoms with Gasteiger partial charge in [-0.3, -0.25) is 9.00 Å². The minimum atomic E-state index is -0.943. The van der Waals surface area contributed by atoms with Crippen molar-refractivity contribution in [3.05, 3.63) is 29.8 Å². The third kappa shape index (κ3) is 4.58. The molecule has 1 rings (SSSR count). The number of nitrogens with one attached hydrogen (secondary N) is 1. The van der Waals surface area contributed by atoms with Crippen LogP contribution >= 0.6 is 0 Å². The van der Waals surface area contributed by atoms with Gasteiger partial charge in [-0.25, -0.2) is 0 Å². The lowest BCUT2D eigenvalue weighted by atomic mass is 10.2. The van der Waals surface area contributed by atoms with Gasteiger partial charge in [0, 0.05) is 40.5 Å². The first-order valence-electron chi connectivity index (χ1n) is 5.99. The van der Waals surface area contributed by atoms with E-state index in [9.17, 15) is 9.00 Å². The molecule has 1 amide bonds. The summed E-state index contributed by atoms with van der Waals surface area (Å²) in [6, 6.07) is 7.42. The van der Waals surface area contributed by atoms with E-state index in [1.807, 2.05) is 38.1 Å². The van der Waals surface area contributed by atoms with Crippen LogP contribution in [0.25, 0.3) is 0 Å². The Hall–Kier alpha value is -1.20. The Morgan fingerprint density at radius 3 is 2.67 bits per heavy atom.